The highest BCUT2D eigenvalue weighted by molar-refractivity contribution is 5.91. The molecule has 0 unspecified atom stereocenters. The van der Waals surface area contributed by atoms with Crippen LogP contribution in [0.3, 0.4) is 0 Å². The molecule has 0 atom stereocenters. The fourth-order valence-corrected chi connectivity index (χ4v) is 3.19. The maximum Gasteiger partial charge on any atom is 0.289 e. The van der Waals surface area contributed by atoms with Gasteiger partial charge in [0.05, 0.1) is 12.9 Å². The smallest absolute Gasteiger partial charge is 0.289 e. The number of carbonyl (C=O) groups excluding carboxylic acids is 2. The van der Waals surface area contributed by atoms with E-state index < -0.39 is 0 Å². The predicted octanol–water partition coefficient (Wildman–Crippen LogP) is 3.11. The number of nitrogens with one attached hydrogen (secondary N) is 1. The van der Waals surface area contributed by atoms with Gasteiger partial charge in [-0.15, -0.1) is 0 Å². The highest BCUT2D eigenvalue weighted by Gasteiger charge is 2.28. The van der Waals surface area contributed by atoms with Crippen molar-refractivity contribution in [2.75, 3.05) is 26.2 Å². The molecule has 0 aliphatic carbocycles. The number of hydrogen-bond donors (Lipinski definition) is 1. The first-order chi connectivity index (χ1) is 13.2. The van der Waals surface area contributed by atoms with Gasteiger partial charge >= 0.3 is 0 Å². The average Bonchev–Trinajstić information content (AvgIpc) is 3.25. The Labute approximate surface area is 159 Å². The lowest BCUT2D eigenvalue weighted by molar-refractivity contribution is -0.126. The fourth-order valence-electron chi connectivity index (χ4n) is 3.19. The van der Waals surface area contributed by atoms with Gasteiger partial charge < -0.3 is 19.4 Å². The molecule has 0 bridgehead atoms. The molecule has 2 aromatic rings. The first kappa shape index (κ1) is 19.0. The molecule has 6 heteroatoms. The number of benzene rings is 1. The van der Waals surface area contributed by atoms with E-state index in [1.165, 1.54) is 6.26 Å². The first-order valence-corrected chi connectivity index (χ1v) is 9.52. The van der Waals surface area contributed by atoms with Gasteiger partial charge in [0.15, 0.2) is 5.76 Å². The number of likely N-dealkylation sites (tertiary alicyclic amines) is 1. The molecule has 0 radical (unpaired) electrons. The normalized spacial score (nSPS) is 14.7. The number of piperidine rings is 1. The summed E-state index contributed by atoms with van der Waals surface area (Å²) in [5, 5.41) is 3.01. The monoisotopic (exact) mass is 370 g/mol. The zero-order valence-corrected chi connectivity index (χ0v) is 15.4. The van der Waals surface area contributed by atoms with Crippen molar-refractivity contribution in [3.8, 4) is 5.75 Å². The molecule has 3 rings (SSSR count). The molecule has 27 heavy (non-hydrogen) atoms. The molecule has 1 aliphatic rings. The molecule has 2 amide bonds. The minimum absolute atomic E-state index is 0.0220. The van der Waals surface area contributed by atoms with Crippen molar-refractivity contribution in [1.29, 1.82) is 0 Å². The minimum Gasteiger partial charge on any atom is -0.494 e. The third-order valence-corrected chi connectivity index (χ3v) is 4.77. The Balaban J connectivity index is 1.28. The average molecular weight is 370 g/mol. The molecule has 1 aromatic heterocycles. The number of amides is 2. The summed E-state index contributed by atoms with van der Waals surface area (Å²) in [6, 6.07) is 13.1. The summed E-state index contributed by atoms with van der Waals surface area (Å²) in [7, 11) is 0. The molecule has 6 nitrogen and oxygen atoms in total. The van der Waals surface area contributed by atoms with Gasteiger partial charge in [-0.1, -0.05) is 18.2 Å². The molecule has 0 spiro atoms. The van der Waals surface area contributed by atoms with Crippen molar-refractivity contribution in [1.82, 2.24) is 10.2 Å². The van der Waals surface area contributed by atoms with Crippen LogP contribution in [0.15, 0.2) is 53.1 Å². The summed E-state index contributed by atoms with van der Waals surface area (Å²) < 4.78 is 10.8. The number of carbonyl (C=O) groups is 2. The van der Waals surface area contributed by atoms with Crippen LogP contribution in [0.4, 0.5) is 0 Å². The standard InChI is InChI=1S/C21H26N2O4/c24-20(22-12-4-5-15-26-18-7-2-1-3-8-18)17-10-13-23(14-11-17)21(25)19-9-6-16-27-19/h1-3,6-9,16-17H,4-5,10-15H2,(H,22,24). The summed E-state index contributed by atoms with van der Waals surface area (Å²) >= 11 is 0. The lowest BCUT2D eigenvalue weighted by Gasteiger charge is -2.30. The van der Waals surface area contributed by atoms with Gasteiger partial charge in [0.25, 0.3) is 5.91 Å². The molecule has 1 saturated heterocycles. The Kier molecular flexibility index (Phi) is 6.90. The molecule has 0 saturated carbocycles. The van der Waals surface area contributed by atoms with E-state index >= 15 is 0 Å². The second kappa shape index (κ2) is 9.80. The van der Waals surface area contributed by atoms with Crippen LogP contribution in [0.5, 0.6) is 5.75 Å². The lowest BCUT2D eigenvalue weighted by Crippen LogP contribution is -2.43. The van der Waals surface area contributed by atoms with Crippen molar-refractivity contribution < 1.29 is 18.7 Å². The summed E-state index contributed by atoms with van der Waals surface area (Å²) in [6.07, 6.45) is 4.66. The Morgan fingerprint density at radius 3 is 2.56 bits per heavy atom. The van der Waals surface area contributed by atoms with E-state index in [2.05, 4.69) is 5.32 Å². The number of para-hydroxylation sites is 1. The lowest BCUT2D eigenvalue weighted by atomic mass is 9.95. The Morgan fingerprint density at radius 2 is 1.85 bits per heavy atom. The maximum absolute atomic E-state index is 12.3. The molecule has 1 N–H and O–H groups in total. The summed E-state index contributed by atoms with van der Waals surface area (Å²) in [4.78, 5) is 26.3. The Hall–Kier alpha value is -2.76. The van der Waals surface area contributed by atoms with Gasteiger partial charge in [0, 0.05) is 25.6 Å². The molecule has 144 valence electrons. The number of rotatable bonds is 8. The van der Waals surface area contributed by atoms with Crippen LogP contribution < -0.4 is 10.1 Å². The first-order valence-electron chi connectivity index (χ1n) is 9.52. The van der Waals surface area contributed by atoms with Gasteiger partial charge in [-0.3, -0.25) is 9.59 Å². The second-order valence-electron chi connectivity index (χ2n) is 6.70. The third kappa shape index (κ3) is 5.61. The van der Waals surface area contributed by atoms with Gasteiger partial charge in [0.2, 0.25) is 5.91 Å². The van der Waals surface area contributed by atoms with Crippen LogP contribution in [0.1, 0.15) is 36.2 Å². The SMILES string of the molecule is O=C(NCCCCOc1ccccc1)C1CCN(C(=O)c2ccco2)CC1. The Bertz CT molecular complexity index is 707. The van der Waals surface area contributed by atoms with Gasteiger partial charge in [-0.2, -0.15) is 0 Å². The zero-order valence-electron chi connectivity index (χ0n) is 15.4. The molecular formula is C21H26N2O4. The topological polar surface area (TPSA) is 71.8 Å². The summed E-state index contributed by atoms with van der Waals surface area (Å²) in [5.41, 5.74) is 0. The van der Waals surface area contributed by atoms with E-state index in [1.807, 2.05) is 30.3 Å². The van der Waals surface area contributed by atoms with Crippen LogP contribution in [0, 0.1) is 5.92 Å². The Morgan fingerprint density at radius 1 is 1.07 bits per heavy atom. The fraction of sp³-hybridized carbons (Fsp3) is 0.429. The largest absolute Gasteiger partial charge is 0.494 e. The molecule has 1 aliphatic heterocycles. The third-order valence-electron chi connectivity index (χ3n) is 4.77. The quantitative estimate of drug-likeness (QED) is 0.725. The van der Waals surface area contributed by atoms with Crippen LogP contribution in [-0.4, -0.2) is 43.0 Å². The van der Waals surface area contributed by atoms with Crippen molar-refractivity contribution in [2.24, 2.45) is 5.92 Å². The summed E-state index contributed by atoms with van der Waals surface area (Å²) in [6.45, 7) is 2.47. The van der Waals surface area contributed by atoms with E-state index in [9.17, 15) is 9.59 Å². The van der Waals surface area contributed by atoms with Crippen molar-refractivity contribution in [2.45, 2.75) is 25.7 Å². The highest BCUT2D eigenvalue weighted by Crippen LogP contribution is 2.19. The number of unbranched alkanes of at least 4 members (excludes halogenated alkanes) is 1. The predicted molar refractivity (Wildman–Crippen MR) is 102 cm³/mol. The second-order valence-corrected chi connectivity index (χ2v) is 6.70. The van der Waals surface area contributed by atoms with Crippen molar-refractivity contribution >= 4 is 11.8 Å². The van der Waals surface area contributed by atoms with E-state index in [0.29, 0.717) is 44.8 Å². The number of ether oxygens (including phenoxy) is 1. The van der Waals surface area contributed by atoms with Gasteiger partial charge in [-0.05, 0) is 49.9 Å². The van der Waals surface area contributed by atoms with E-state index in [0.717, 1.165) is 18.6 Å². The minimum atomic E-state index is -0.0997. The van der Waals surface area contributed by atoms with Crippen LogP contribution in [-0.2, 0) is 4.79 Å². The van der Waals surface area contributed by atoms with Crippen LogP contribution in [0.2, 0.25) is 0 Å². The van der Waals surface area contributed by atoms with Crippen molar-refractivity contribution in [3.05, 3.63) is 54.5 Å². The summed E-state index contributed by atoms with van der Waals surface area (Å²) in [5.74, 6) is 1.19. The van der Waals surface area contributed by atoms with E-state index in [4.69, 9.17) is 9.15 Å². The van der Waals surface area contributed by atoms with Crippen molar-refractivity contribution in [3.63, 3.8) is 0 Å². The van der Waals surface area contributed by atoms with Gasteiger partial charge in [-0.25, -0.2) is 0 Å². The molecule has 1 aromatic carbocycles. The number of hydrogen-bond acceptors (Lipinski definition) is 4. The van der Waals surface area contributed by atoms with Gasteiger partial charge in [0.1, 0.15) is 5.75 Å². The number of furan rings is 1. The molecular weight excluding hydrogens is 344 g/mol. The highest BCUT2D eigenvalue weighted by atomic mass is 16.5. The number of nitrogens with zero attached hydrogens (tertiary/aromatic N) is 1. The van der Waals surface area contributed by atoms with E-state index in [-0.39, 0.29) is 17.7 Å². The molecule has 2 heterocycles. The van der Waals surface area contributed by atoms with Crippen LogP contribution >= 0.6 is 0 Å². The molecule has 1 fully saturated rings. The van der Waals surface area contributed by atoms with E-state index in [1.54, 1.807) is 17.0 Å². The zero-order chi connectivity index (χ0) is 18.9. The van der Waals surface area contributed by atoms with Crippen LogP contribution in [0.25, 0.3) is 0 Å². The maximum atomic E-state index is 12.3.